The quantitative estimate of drug-likeness (QED) is 0.0838. The summed E-state index contributed by atoms with van der Waals surface area (Å²) in [6.45, 7) is 14.0. The lowest BCUT2D eigenvalue weighted by molar-refractivity contribution is 0.397. The lowest BCUT2D eigenvalue weighted by Crippen LogP contribution is -2.08. The molecule has 0 aromatic rings. The summed E-state index contributed by atoms with van der Waals surface area (Å²) in [4.78, 5) is 0. The van der Waals surface area contributed by atoms with Crippen molar-refractivity contribution in [3.8, 4) is 0 Å². The van der Waals surface area contributed by atoms with Gasteiger partial charge in [-0.25, -0.2) is 0 Å². The predicted molar refractivity (Wildman–Crippen MR) is 166 cm³/mol. The van der Waals surface area contributed by atoms with Gasteiger partial charge in [-0.1, -0.05) is 114 Å². The Bertz CT molecular complexity index is 495. The van der Waals surface area contributed by atoms with E-state index in [2.05, 4.69) is 56.2 Å². The molecule has 0 bridgehead atoms. The van der Waals surface area contributed by atoms with Gasteiger partial charge in [0.15, 0.2) is 0 Å². The Morgan fingerprint density at radius 1 is 0.771 bits per heavy atom. The van der Waals surface area contributed by atoms with Gasteiger partial charge < -0.3 is 5.32 Å². The van der Waals surface area contributed by atoms with Crippen LogP contribution in [0.25, 0.3) is 0 Å². The lowest BCUT2D eigenvalue weighted by atomic mass is 9.88. The van der Waals surface area contributed by atoms with E-state index < -0.39 is 0 Å². The first-order valence-electron chi connectivity index (χ1n) is 15.3. The van der Waals surface area contributed by atoms with E-state index in [1.54, 1.807) is 0 Å². The van der Waals surface area contributed by atoms with Crippen molar-refractivity contribution in [1.82, 2.24) is 5.32 Å². The fraction of sp³-hybridized carbons (Fsp3) is 0.818. The SMILES string of the molecule is C=C(C)CCCCCCCC(CCCCCCCSC/C=C/CCCCC)CC(=C)CCCNC. The third-order valence-electron chi connectivity index (χ3n) is 7.01. The van der Waals surface area contributed by atoms with Crippen LogP contribution in [0.15, 0.2) is 36.5 Å². The zero-order valence-electron chi connectivity index (χ0n) is 24.3. The van der Waals surface area contributed by atoms with Crippen molar-refractivity contribution < 1.29 is 0 Å². The van der Waals surface area contributed by atoms with Crippen molar-refractivity contribution in [2.75, 3.05) is 25.1 Å². The average molecular weight is 506 g/mol. The van der Waals surface area contributed by atoms with Crippen LogP contribution in [0.5, 0.6) is 0 Å². The first-order chi connectivity index (χ1) is 17.1. The highest BCUT2D eigenvalue weighted by molar-refractivity contribution is 7.99. The first kappa shape index (κ1) is 34.5. The van der Waals surface area contributed by atoms with E-state index in [1.807, 2.05) is 7.05 Å². The van der Waals surface area contributed by atoms with Gasteiger partial charge in [-0.05, 0) is 83.6 Å². The molecular weight excluding hydrogens is 442 g/mol. The van der Waals surface area contributed by atoms with Gasteiger partial charge in [-0.3, -0.25) is 0 Å². The molecule has 0 heterocycles. The molecule has 1 nitrogen and oxygen atoms in total. The number of rotatable bonds is 28. The van der Waals surface area contributed by atoms with Crippen molar-refractivity contribution in [3.05, 3.63) is 36.5 Å². The van der Waals surface area contributed by atoms with E-state index in [4.69, 9.17) is 0 Å². The smallest absolute Gasteiger partial charge is 0.0113 e. The van der Waals surface area contributed by atoms with E-state index in [0.717, 1.165) is 12.5 Å². The van der Waals surface area contributed by atoms with E-state index in [1.165, 1.54) is 151 Å². The van der Waals surface area contributed by atoms with E-state index >= 15 is 0 Å². The molecule has 0 aromatic heterocycles. The fourth-order valence-corrected chi connectivity index (χ4v) is 5.63. The second-order valence-corrected chi connectivity index (χ2v) is 12.0. The Balaban J connectivity index is 3.91. The van der Waals surface area contributed by atoms with Crippen LogP contribution in [0.4, 0.5) is 0 Å². The van der Waals surface area contributed by atoms with Crippen molar-refractivity contribution in [3.63, 3.8) is 0 Å². The second-order valence-electron chi connectivity index (χ2n) is 10.9. The highest BCUT2D eigenvalue weighted by atomic mass is 32.2. The van der Waals surface area contributed by atoms with Gasteiger partial charge in [0.1, 0.15) is 0 Å². The number of thioether (sulfide) groups is 1. The maximum Gasteiger partial charge on any atom is 0.0113 e. The minimum absolute atomic E-state index is 0.868. The molecule has 1 N–H and O–H groups in total. The van der Waals surface area contributed by atoms with Gasteiger partial charge in [0.05, 0.1) is 0 Å². The first-order valence-corrected chi connectivity index (χ1v) is 16.4. The molecule has 35 heavy (non-hydrogen) atoms. The van der Waals surface area contributed by atoms with Crippen LogP contribution < -0.4 is 5.32 Å². The Labute approximate surface area is 226 Å². The molecule has 0 saturated carbocycles. The molecule has 206 valence electrons. The number of hydrogen-bond donors (Lipinski definition) is 1. The topological polar surface area (TPSA) is 12.0 Å². The monoisotopic (exact) mass is 505 g/mol. The minimum Gasteiger partial charge on any atom is -0.320 e. The molecule has 2 heteroatoms. The molecule has 0 fully saturated rings. The fourth-order valence-electron chi connectivity index (χ4n) is 4.78. The highest BCUT2D eigenvalue weighted by Gasteiger charge is 2.10. The molecule has 0 aliphatic carbocycles. The normalized spacial score (nSPS) is 12.4. The van der Waals surface area contributed by atoms with Crippen LogP contribution in [0.3, 0.4) is 0 Å². The molecule has 1 unspecified atom stereocenters. The third-order valence-corrected chi connectivity index (χ3v) is 8.01. The number of allylic oxidation sites excluding steroid dienone is 3. The van der Waals surface area contributed by atoms with E-state index in [9.17, 15) is 0 Å². The standard InChI is InChI=1S/C33H63NS/c1-6-7-8-9-15-20-28-35-29-21-16-11-14-19-26-33(30-32(4)24-22-27-34-5)25-18-13-10-12-17-23-31(2)3/h15,20,33-34H,2,4,6-14,16-19,21-30H2,1,3,5H3/b20-15+. The van der Waals surface area contributed by atoms with Gasteiger partial charge in [0, 0.05) is 5.75 Å². The van der Waals surface area contributed by atoms with Crippen LogP contribution in [0.1, 0.15) is 142 Å². The van der Waals surface area contributed by atoms with E-state index in [0.29, 0.717) is 0 Å². The van der Waals surface area contributed by atoms with Crippen LogP contribution in [-0.4, -0.2) is 25.1 Å². The maximum absolute atomic E-state index is 4.43. The van der Waals surface area contributed by atoms with Crippen molar-refractivity contribution in [2.45, 2.75) is 142 Å². The predicted octanol–water partition coefficient (Wildman–Crippen LogP) is 11.1. The van der Waals surface area contributed by atoms with Gasteiger partial charge in [-0.2, -0.15) is 11.8 Å². The van der Waals surface area contributed by atoms with Crippen molar-refractivity contribution in [2.24, 2.45) is 5.92 Å². The van der Waals surface area contributed by atoms with Crippen molar-refractivity contribution in [1.29, 1.82) is 0 Å². The molecule has 0 rings (SSSR count). The summed E-state index contributed by atoms with van der Waals surface area (Å²) in [7, 11) is 2.05. The number of unbranched alkanes of at least 4 members (excludes halogenated alkanes) is 11. The third kappa shape index (κ3) is 28.0. The molecule has 1 atom stereocenters. The van der Waals surface area contributed by atoms with Gasteiger partial charge >= 0.3 is 0 Å². The summed E-state index contributed by atoms with van der Waals surface area (Å²) in [6.07, 6.45) is 31.8. The zero-order valence-corrected chi connectivity index (χ0v) is 25.1. The second kappa shape index (κ2) is 28.1. The average Bonchev–Trinajstić information content (AvgIpc) is 2.83. The minimum atomic E-state index is 0.868. The number of hydrogen-bond acceptors (Lipinski definition) is 2. The summed E-state index contributed by atoms with van der Waals surface area (Å²) < 4.78 is 0. The summed E-state index contributed by atoms with van der Waals surface area (Å²) in [5.74, 6) is 3.41. The Morgan fingerprint density at radius 3 is 2.09 bits per heavy atom. The van der Waals surface area contributed by atoms with E-state index in [-0.39, 0.29) is 0 Å². The largest absolute Gasteiger partial charge is 0.320 e. The van der Waals surface area contributed by atoms with Crippen molar-refractivity contribution >= 4 is 11.8 Å². The Kier molecular flexibility index (Phi) is 27.7. The summed E-state index contributed by atoms with van der Waals surface area (Å²) >= 11 is 2.11. The lowest BCUT2D eigenvalue weighted by Gasteiger charge is -2.18. The van der Waals surface area contributed by atoms with Gasteiger partial charge in [-0.15, -0.1) is 6.58 Å². The van der Waals surface area contributed by atoms with Crippen LogP contribution in [0.2, 0.25) is 0 Å². The maximum atomic E-state index is 4.43. The molecule has 0 aliphatic heterocycles. The Morgan fingerprint density at radius 2 is 1.43 bits per heavy atom. The molecule has 0 radical (unpaired) electrons. The van der Waals surface area contributed by atoms with Crippen LogP contribution >= 0.6 is 11.8 Å². The van der Waals surface area contributed by atoms with Crippen LogP contribution in [-0.2, 0) is 0 Å². The Hall–Kier alpha value is -0.470. The molecule has 0 saturated heterocycles. The number of nitrogens with one attached hydrogen (secondary N) is 1. The summed E-state index contributed by atoms with van der Waals surface area (Å²) in [5.41, 5.74) is 2.83. The summed E-state index contributed by atoms with van der Waals surface area (Å²) in [6, 6.07) is 0. The molecule has 0 spiro atoms. The molecular formula is C33H63NS. The summed E-state index contributed by atoms with van der Waals surface area (Å²) in [5, 5.41) is 3.27. The van der Waals surface area contributed by atoms with Crippen LogP contribution in [0, 0.1) is 5.92 Å². The zero-order chi connectivity index (χ0) is 25.8. The molecule has 0 aliphatic rings. The van der Waals surface area contributed by atoms with Gasteiger partial charge in [0.2, 0.25) is 0 Å². The van der Waals surface area contributed by atoms with Gasteiger partial charge in [0.25, 0.3) is 0 Å². The molecule has 0 aromatic carbocycles. The molecule has 0 amide bonds. The highest BCUT2D eigenvalue weighted by Crippen LogP contribution is 2.26.